The molecule has 0 amide bonds. The molecule has 0 spiro atoms. The number of fused-ring (bicyclic) bond motifs is 1. The molecule has 0 bridgehead atoms. The number of nitrogens with one attached hydrogen (secondary N) is 2. The molecule has 0 saturated heterocycles. The molecule has 3 heterocycles. The van der Waals surface area contributed by atoms with Crippen molar-refractivity contribution in [3.8, 4) is 17.0 Å². The van der Waals surface area contributed by atoms with Gasteiger partial charge < -0.3 is 19.6 Å². The van der Waals surface area contributed by atoms with E-state index in [0.717, 1.165) is 58.6 Å². The first-order valence-corrected chi connectivity index (χ1v) is 13.0. The van der Waals surface area contributed by atoms with Crippen LogP contribution in [0.5, 0.6) is 5.75 Å². The Hall–Kier alpha value is -3.85. The van der Waals surface area contributed by atoms with Gasteiger partial charge in [-0.25, -0.2) is 10.4 Å². The van der Waals surface area contributed by atoms with E-state index < -0.39 is 0 Å². The Labute approximate surface area is 218 Å². The van der Waals surface area contributed by atoms with Crippen LogP contribution in [0, 0.1) is 0 Å². The van der Waals surface area contributed by atoms with Gasteiger partial charge in [-0.1, -0.05) is 38.8 Å². The van der Waals surface area contributed by atoms with Gasteiger partial charge in [0.15, 0.2) is 0 Å². The third-order valence-electron chi connectivity index (χ3n) is 7.10. The van der Waals surface area contributed by atoms with Gasteiger partial charge in [0.1, 0.15) is 11.4 Å². The summed E-state index contributed by atoms with van der Waals surface area (Å²) in [7, 11) is 5.57. The third-order valence-corrected chi connectivity index (χ3v) is 7.10. The quantitative estimate of drug-likeness (QED) is 0.293. The van der Waals surface area contributed by atoms with E-state index in [1.54, 1.807) is 7.11 Å². The molecule has 9 nitrogen and oxygen atoms in total. The third kappa shape index (κ3) is 5.04. The summed E-state index contributed by atoms with van der Waals surface area (Å²) in [4.78, 5) is 9.64. The minimum absolute atomic E-state index is 0.415. The van der Waals surface area contributed by atoms with Crippen LogP contribution in [-0.2, 0) is 7.05 Å². The highest BCUT2D eigenvalue weighted by molar-refractivity contribution is 5.85. The van der Waals surface area contributed by atoms with Crippen LogP contribution in [0.2, 0.25) is 0 Å². The van der Waals surface area contributed by atoms with E-state index in [2.05, 4.69) is 51.2 Å². The molecule has 0 unspecified atom stereocenters. The molecule has 3 aromatic heterocycles. The van der Waals surface area contributed by atoms with Gasteiger partial charge in [-0.05, 0) is 31.0 Å². The summed E-state index contributed by atoms with van der Waals surface area (Å²) < 4.78 is 9.95. The second-order valence-electron chi connectivity index (χ2n) is 9.62. The second kappa shape index (κ2) is 10.6. The molecular weight excluding hydrogens is 464 g/mol. The van der Waals surface area contributed by atoms with Crippen molar-refractivity contribution >= 4 is 28.4 Å². The first-order valence-electron chi connectivity index (χ1n) is 13.0. The zero-order valence-electron chi connectivity index (χ0n) is 22.2. The Morgan fingerprint density at radius 2 is 2.00 bits per heavy atom. The summed E-state index contributed by atoms with van der Waals surface area (Å²) in [6.45, 7) is 7.07. The predicted octanol–water partition coefficient (Wildman–Crippen LogP) is 5.52. The number of nitrogens with zero attached hydrogens (tertiary/aromatic N) is 6. The number of anilines is 2. The topological polar surface area (TPSA) is 85.1 Å². The molecule has 9 heteroatoms. The van der Waals surface area contributed by atoms with Crippen LogP contribution in [0.1, 0.15) is 50.6 Å². The molecule has 1 fully saturated rings. The number of hydrogen-bond donors (Lipinski definition) is 2. The fraction of sp³-hybridized carbons (Fsp3) is 0.393. The fourth-order valence-electron chi connectivity index (χ4n) is 5.17. The van der Waals surface area contributed by atoms with Crippen molar-refractivity contribution < 1.29 is 4.74 Å². The van der Waals surface area contributed by atoms with Crippen molar-refractivity contribution in [2.24, 2.45) is 7.05 Å². The number of hydrazine groups is 1. The fourth-order valence-corrected chi connectivity index (χ4v) is 5.17. The Kier molecular flexibility index (Phi) is 7.14. The summed E-state index contributed by atoms with van der Waals surface area (Å²) in [5.41, 5.74) is 9.06. The lowest BCUT2D eigenvalue weighted by atomic mass is 9.95. The van der Waals surface area contributed by atoms with E-state index in [9.17, 15) is 0 Å². The van der Waals surface area contributed by atoms with Crippen molar-refractivity contribution in [1.29, 1.82) is 0 Å². The summed E-state index contributed by atoms with van der Waals surface area (Å²) in [5.74, 6) is 1.24. The maximum atomic E-state index is 5.71. The summed E-state index contributed by atoms with van der Waals surface area (Å²) >= 11 is 0. The largest absolute Gasteiger partial charge is 0.495 e. The number of ether oxygens (including phenoxy) is 1. The standard InChI is InChI=1S/C28H36N8O/c1-6-30-35(4)19(2)20-12-13-24(26(15-20)37-5)32-28-29-16-21-14-25(22-17-31-34(3)18-22)36(27(21)33-28)23-10-8-7-9-11-23/h12-18,23,30H,2,6-11H2,1,3-5H3,(H,29,32,33). The van der Waals surface area contributed by atoms with E-state index in [-0.39, 0.29) is 0 Å². The Morgan fingerprint density at radius 3 is 2.70 bits per heavy atom. The van der Waals surface area contributed by atoms with Crippen LogP contribution in [0.15, 0.2) is 49.4 Å². The van der Waals surface area contributed by atoms with E-state index >= 15 is 0 Å². The van der Waals surface area contributed by atoms with Gasteiger partial charge >= 0.3 is 0 Å². The minimum Gasteiger partial charge on any atom is -0.495 e. The minimum atomic E-state index is 0.415. The smallest absolute Gasteiger partial charge is 0.229 e. The first kappa shape index (κ1) is 24.8. The average molecular weight is 501 g/mol. The number of aromatic nitrogens is 5. The van der Waals surface area contributed by atoms with Crippen molar-refractivity contribution in [2.45, 2.75) is 45.1 Å². The van der Waals surface area contributed by atoms with Gasteiger partial charge in [-0.2, -0.15) is 10.1 Å². The van der Waals surface area contributed by atoms with Crippen LogP contribution in [0.4, 0.5) is 11.6 Å². The van der Waals surface area contributed by atoms with Crippen molar-refractivity contribution in [1.82, 2.24) is 34.8 Å². The number of rotatable bonds is 9. The van der Waals surface area contributed by atoms with Crippen LogP contribution in [-0.4, -0.2) is 50.0 Å². The summed E-state index contributed by atoms with van der Waals surface area (Å²) in [6, 6.07) is 8.57. The van der Waals surface area contributed by atoms with Crippen molar-refractivity contribution in [2.75, 3.05) is 26.0 Å². The highest BCUT2D eigenvalue weighted by atomic mass is 16.5. The molecule has 1 aliphatic rings. The first-order chi connectivity index (χ1) is 18.0. The SMILES string of the molecule is C=C(c1ccc(Nc2ncc3cc(-c4cnn(C)c4)n(C4CCCCC4)c3n2)c(OC)c1)N(C)NCC. The lowest BCUT2D eigenvalue weighted by molar-refractivity contribution is 0.358. The van der Waals surface area contributed by atoms with Gasteiger partial charge in [0.25, 0.3) is 0 Å². The van der Waals surface area contributed by atoms with Crippen LogP contribution < -0.4 is 15.5 Å². The lowest BCUT2D eigenvalue weighted by Crippen LogP contribution is -2.32. The molecule has 0 aliphatic heterocycles. The molecule has 4 aromatic rings. The maximum absolute atomic E-state index is 5.71. The number of aryl methyl sites for hydroxylation is 1. The average Bonchev–Trinajstić information content (AvgIpc) is 3.52. The molecule has 5 rings (SSSR count). The predicted molar refractivity (Wildman–Crippen MR) is 149 cm³/mol. The highest BCUT2D eigenvalue weighted by Gasteiger charge is 2.23. The Balaban J connectivity index is 1.50. The molecular formula is C28H36N8O. The number of benzene rings is 1. The zero-order valence-corrected chi connectivity index (χ0v) is 22.2. The molecule has 1 saturated carbocycles. The van der Waals surface area contributed by atoms with Crippen LogP contribution in [0.25, 0.3) is 28.0 Å². The molecule has 1 aliphatic carbocycles. The molecule has 1 aromatic carbocycles. The molecule has 0 radical (unpaired) electrons. The van der Waals surface area contributed by atoms with E-state index in [1.807, 2.05) is 54.4 Å². The molecule has 37 heavy (non-hydrogen) atoms. The van der Waals surface area contributed by atoms with Gasteiger partial charge in [0.05, 0.1) is 30.4 Å². The maximum Gasteiger partial charge on any atom is 0.229 e. The highest BCUT2D eigenvalue weighted by Crippen LogP contribution is 2.37. The normalized spacial score (nSPS) is 14.2. The second-order valence-corrected chi connectivity index (χ2v) is 9.62. The number of methoxy groups -OCH3 is 1. The Morgan fingerprint density at radius 1 is 1.19 bits per heavy atom. The molecule has 0 atom stereocenters. The van der Waals surface area contributed by atoms with Crippen LogP contribution in [0.3, 0.4) is 0 Å². The van der Waals surface area contributed by atoms with Crippen LogP contribution >= 0.6 is 0 Å². The van der Waals surface area contributed by atoms with Gasteiger partial charge in [-0.3, -0.25) is 4.68 Å². The summed E-state index contributed by atoms with van der Waals surface area (Å²) in [6.07, 6.45) is 12.0. The van der Waals surface area contributed by atoms with E-state index in [4.69, 9.17) is 9.72 Å². The monoisotopic (exact) mass is 500 g/mol. The molecule has 2 N–H and O–H groups in total. The Bertz CT molecular complexity index is 1400. The van der Waals surface area contributed by atoms with Gasteiger partial charge in [0.2, 0.25) is 5.95 Å². The van der Waals surface area contributed by atoms with Gasteiger partial charge in [-0.15, -0.1) is 0 Å². The molecule has 194 valence electrons. The van der Waals surface area contributed by atoms with Crippen molar-refractivity contribution in [3.05, 3.63) is 55.0 Å². The lowest BCUT2D eigenvalue weighted by Gasteiger charge is -2.26. The summed E-state index contributed by atoms with van der Waals surface area (Å²) in [5, 5.41) is 10.7. The van der Waals surface area contributed by atoms with Gasteiger partial charge in [0, 0.05) is 55.6 Å². The number of hydrogen-bond acceptors (Lipinski definition) is 7. The zero-order chi connectivity index (χ0) is 25.9. The van der Waals surface area contributed by atoms with Crippen molar-refractivity contribution in [3.63, 3.8) is 0 Å². The van der Waals surface area contributed by atoms with E-state index in [1.165, 1.54) is 19.3 Å². The van der Waals surface area contributed by atoms with E-state index in [0.29, 0.717) is 17.7 Å².